The summed E-state index contributed by atoms with van der Waals surface area (Å²) in [6.07, 6.45) is 0. The van der Waals surface area contributed by atoms with Crippen LogP contribution in [0.15, 0.2) is 39.4 Å². The number of hydrogen-bond donors (Lipinski definition) is 5. The number of rotatable bonds is 1. The highest BCUT2D eigenvalue weighted by molar-refractivity contribution is 5.88. The molecular formula is C15H10O7. The molecule has 0 saturated heterocycles. The maximum atomic E-state index is 12.4. The van der Waals surface area contributed by atoms with E-state index >= 15 is 0 Å². The van der Waals surface area contributed by atoms with Crippen molar-refractivity contribution in [2.75, 3.05) is 0 Å². The zero-order chi connectivity index (χ0) is 20.4. The monoisotopic (exact) mass is 307 g/mol. The molecule has 0 saturated carbocycles. The van der Waals surface area contributed by atoms with Crippen molar-refractivity contribution in [3.8, 4) is 40.1 Å². The van der Waals surface area contributed by atoms with Gasteiger partial charge in [-0.15, -0.1) is 0 Å². The van der Waals surface area contributed by atoms with E-state index in [0.29, 0.717) is 0 Å². The Labute approximate surface area is 129 Å². The molecule has 0 aliphatic carbocycles. The summed E-state index contributed by atoms with van der Waals surface area (Å²) in [5.41, 5.74) is -2.82. The topological polar surface area (TPSA) is 131 Å². The molecule has 0 spiro atoms. The first-order valence-electron chi connectivity index (χ1n) is 8.23. The molecule has 0 radical (unpaired) electrons. The van der Waals surface area contributed by atoms with Gasteiger partial charge in [-0.3, -0.25) is 4.79 Å². The van der Waals surface area contributed by atoms with Crippen LogP contribution in [-0.4, -0.2) is 25.5 Å². The molecule has 7 nitrogen and oxygen atoms in total. The van der Waals surface area contributed by atoms with Gasteiger partial charge in [0.2, 0.25) is 11.2 Å². The first kappa shape index (κ1) is 8.83. The number of phenols is 4. The lowest BCUT2D eigenvalue weighted by atomic mass is 10.1. The van der Waals surface area contributed by atoms with Crippen molar-refractivity contribution < 1.29 is 36.8 Å². The Morgan fingerprint density at radius 1 is 0.909 bits per heavy atom. The van der Waals surface area contributed by atoms with Gasteiger partial charge < -0.3 is 29.9 Å². The lowest BCUT2D eigenvalue weighted by molar-refractivity contribution is 0.403. The zero-order valence-electron chi connectivity index (χ0n) is 15.6. The Balaban J connectivity index is 2.57. The molecule has 22 heavy (non-hydrogen) atoms. The number of phenolic OH excluding ortho intramolecular Hbond substituents is 4. The average molecular weight is 307 g/mol. The normalized spacial score (nSPS) is 14.1. The predicted molar refractivity (Wildman–Crippen MR) is 76.2 cm³/mol. The molecule has 0 unspecified atom stereocenters. The van der Waals surface area contributed by atoms with Gasteiger partial charge in [-0.1, -0.05) is 0 Å². The molecule has 1 heterocycles. The van der Waals surface area contributed by atoms with Crippen LogP contribution < -0.4 is 5.43 Å². The molecule has 0 atom stereocenters. The number of aromatic hydroxyl groups is 5. The van der Waals surface area contributed by atoms with Crippen molar-refractivity contribution in [2.24, 2.45) is 0 Å². The summed E-state index contributed by atoms with van der Waals surface area (Å²) in [6, 6.07) is -4.55. The molecule has 7 heteroatoms. The molecule has 0 aliphatic rings. The highest BCUT2D eigenvalue weighted by atomic mass is 16.4. The summed E-state index contributed by atoms with van der Waals surface area (Å²) >= 11 is 0. The number of hydrogen-bond acceptors (Lipinski definition) is 7. The van der Waals surface area contributed by atoms with Gasteiger partial charge in [0, 0.05) is 17.6 Å². The molecule has 5 N–H and O–H groups in total. The van der Waals surface area contributed by atoms with Crippen LogP contribution in [0, 0.1) is 0 Å². The van der Waals surface area contributed by atoms with Crippen LogP contribution in [0.5, 0.6) is 28.7 Å². The fraction of sp³-hybridized carbons (Fsp3) is 0. The molecule has 0 amide bonds. The van der Waals surface area contributed by atoms with E-state index in [9.17, 15) is 30.3 Å². The molecule has 3 aromatic rings. The molecule has 0 fully saturated rings. The summed E-state index contributed by atoms with van der Waals surface area (Å²) < 4.78 is 43.6. The largest absolute Gasteiger partial charge is 0.508 e. The van der Waals surface area contributed by atoms with Crippen molar-refractivity contribution in [2.45, 2.75) is 0 Å². The minimum Gasteiger partial charge on any atom is -0.508 e. The Bertz CT molecular complexity index is 1170. The highest BCUT2D eigenvalue weighted by Gasteiger charge is 2.19. The van der Waals surface area contributed by atoms with E-state index in [1.807, 2.05) is 0 Å². The van der Waals surface area contributed by atoms with E-state index in [-0.39, 0.29) is 0 Å². The van der Waals surface area contributed by atoms with Crippen molar-refractivity contribution in [3.63, 3.8) is 0 Å². The van der Waals surface area contributed by atoms with Crippen LogP contribution in [0.25, 0.3) is 22.3 Å². The molecule has 112 valence electrons. The van der Waals surface area contributed by atoms with Gasteiger partial charge in [-0.2, -0.15) is 0 Å². The Kier molecular flexibility index (Phi) is 1.84. The maximum absolute atomic E-state index is 12.4. The summed E-state index contributed by atoms with van der Waals surface area (Å²) in [5.74, 6) is -6.36. The standard InChI is InChI=1S/C15H10O7/c16-7-4-10(19)12-11(5-7)22-15(14(21)13(12)20)6-1-2-8(17)9(18)3-6/h1-5,16-19,21H/i1D,2D,3D,4D,5D. The number of benzene rings is 2. The summed E-state index contributed by atoms with van der Waals surface area (Å²) in [7, 11) is 0. The number of fused-ring (bicyclic) bond motifs is 1. The third-order valence-corrected chi connectivity index (χ3v) is 2.79. The van der Waals surface area contributed by atoms with E-state index in [4.69, 9.17) is 11.3 Å². The van der Waals surface area contributed by atoms with Crippen molar-refractivity contribution in [3.05, 3.63) is 40.4 Å². The van der Waals surface area contributed by atoms with Gasteiger partial charge in [0.25, 0.3) is 0 Å². The highest BCUT2D eigenvalue weighted by Crippen LogP contribution is 2.37. The van der Waals surface area contributed by atoms with Gasteiger partial charge in [-0.05, 0) is 18.1 Å². The van der Waals surface area contributed by atoms with Crippen molar-refractivity contribution in [1.82, 2.24) is 0 Å². The summed E-state index contributed by atoms with van der Waals surface area (Å²) in [6.45, 7) is 0. The van der Waals surface area contributed by atoms with Crippen LogP contribution in [0.2, 0.25) is 0 Å². The minimum absolute atomic E-state index is 0.736. The lowest BCUT2D eigenvalue weighted by Crippen LogP contribution is -2.02. The molecule has 3 rings (SSSR count). The van der Waals surface area contributed by atoms with Crippen LogP contribution in [0.1, 0.15) is 6.85 Å². The van der Waals surface area contributed by atoms with E-state index in [1.54, 1.807) is 0 Å². The van der Waals surface area contributed by atoms with E-state index in [1.165, 1.54) is 0 Å². The van der Waals surface area contributed by atoms with E-state index < -0.39 is 86.7 Å². The fourth-order valence-corrected chi connectivity index (χ4v) is 1.82. The Hall–Kier alpha value is -3.35. The smallest absolute Gasteiger partial charge is 0.238 e. The maximum Gasteiger partial charge on any atom is 0.238 e. The lowest BCUT2D eigenvalue weighted by Gasteiger charge is -2.08. The van der Waals surface area contributed by atoms with Crippen LogP contribution in [-0.2, 0) is 0 Å². The Morgan fingerprint density at radius 2 is 1.64 bits per heavy atom. The van der Waals surface area contributed by atoms with E-state index in [2.05, 4.69) is 0 Å². The zero-order valence-corrected chi connectivity index (χ0v) is 10.6. The Morgan fingerprint density at radius 3 is 2.36 bits per heavy atom. The SMILES string of the molecule is [2H]c1c([2H])c(-c2oc3c([2H])c(O)c([2H])c(O)c3c(=O)c2O)c([2H])c(O)c1O. The second-order valence-electron chi connectivity index (χ2n) is 4.21. The fourth-order valence-electron chi connectivity index (χ4n) is 1.82. The quantitative estimate of drug-likeness (QED) is 0.434. The first-order valence-corrected chi connectivity index (χ1v) is 5.73. The van der Waals surface area contributed by atoms with Crippen LogP contribution in [0.4, 0.5) is 0 Å². The van der Waals surface area contributed by atoms with Crippen LogP contribution >= 0.6 is 0 Å². The summed E-state index contributed by atoms with van der Waals surface area (Å²) in [4.78, 5) is 12.4. The van der Waals surface area contributed by atoms with Gasteiger partial charge in [0.15, 0.2) is 17.3 Å². The van der Waals surface area contributed by atoms with Crippen LogP contribution in [0.3, 0.4) is 0 Å². The minimum atomic E-state index is -1.33. The second kappa shape index (κ2) is 4.59. The molecule has 0 aliphatic heterocycles. The van der Waals surface area contributed by atoms with E-state index in [0.717, 1.165) is 0 Å². The predicted octanol–water partition coefficient (Wildman–Crippen LogP) is 1.99. The molecular weight excluding hydrogens is 292 g/mol. The molecule has 2 aromatic carbocycles. The molecule has 0 bridgehead atoms. The van der Waals surface area contributed by atoms with Gasteiger partial charge >= 0.3 is 0 Å². The van der Waals surface area contributed by atoms with Gasteiger partial charge in [0.05, 0.1) is 6.85 Å². The molecule has 1 aromatic heterocycles. The van der Waals surface area contributed by atoms with Crippen molar-refractivity contribution in [1.29, 1.82) is 0 Å². The van der Waals surface area contributed by atoms with Crippen molar-refractivity contribution >= 4 is 11.0 Å². The second-order valence-corrected chi connectivity index (χ2v) is 4.21. The third kappa shape index (κ3) is 1.96. The summed E-state index contributed by atoms with van der Waals surface area (Å²) in [5, 5.41) is 48.2. The average Bonchev–Trinajstić information content (AvgIpc) is 2.64. The first-order chi connectivity index (χ1) is 12.5. The van der Waals surface area contributed by atoms with Gasteiger partial charge in [-0.25, -0.2) is 0 Å². The third-order valence-electron chi connectivity index (χ3n) is 2.79. The van der Waals surface area contributed by atoms with Gasteiger partial charge in [0.1, 0.15) is 22.5 Å².